The van der Waals surface area contributed by atoms with Gasteiger partial charge in [-0.1, -0.05) is 13.8 Å². The van der Waals surface area contributed by atoms with Crippen LogP contribution in [0.2, 0.25) is 0 Å². The topological polar surface area (TPSA) is 6.48 Å². The molecule has 0 amide bonds. The molecule has 14 heavy (non-hydrogen) atoms. The SMILES string of the molecule is CCN(CC)CCC(C)N1CCCC1. The largest absolute Gasteiger partial charge is 0.304 e. The van der Waals surface area contributed by atoms with Crippen LogP contribution in [0.15, 0.2) is 0 Å². The maximum Gasteiger partial charge on any atom is 0.00791 e. The van der Waals surface area contributed by atoms with Gasteiger partial charge in [0, 0.05) is 6.04 Å². The Balaban J connectivity index is 2.15. The zero-order chi connectivity index (χ0) is 10.4. The first kappa shape index (κ1) is 12.0. The minimum atomic E-state index is 0.790. The Hall–Kier alpha value is -0.0800. The molecular weight excluding hydrogens is 172 g/mol. The third-order valence-corrected chi connectivity index (χ3v) is 3.52. The van der Waals surface area contributed by atoms with E-state index in [1.165, 1.54) is 52.0 Å². The van der Waals surface area contributed by atoms with Crippen molar-refractivity contribution in [1.82, 2.24) is 9.80 Å². The van der Waals surface area contributed by atoms with Gasteiger partial charge >= 0.3 is 0 Å². The van der Waals surface area contributed by atoms with E-state index >= 15 is 0 Å². The Morgan fingerprint density at radius 2 is 1.71 bits per heavy atom. The highest BCUT2D eigenvalue weighted by atomic mass is 15.2. The maximum atomic E-state index is 2.64. The minimum Gasteiger partial charge on any atom is -0.304 e. The second kappa shape index (κ2) is 6.41. The zero-order valence-corrected chi connectivity index (χ0v) is 10.1. The fraction of sp³-hybridized carbons (Fsp3) is 1.00. The lowest BCUT2D eigenvalue weighted by Gasteiger charge is -2.26. The molecular formula is C12H26N2. The molecule has 1 atom stereocenters. The molecule has 1 saturated heterocycles. The second-order valence-electron chi connectivity index (χ2n) is 4.41. The molecule has 0 aromatic heterocycles. The van der Waals surface area contributed by atoms with Crippen molar-refractivity contribution < 1.29 is 0 Å². The third-order valence-electron chi connectivity index (χ3n) is 3.52. The van der Waals surface area contributed by atoms with Crippen LogP contribution >= 0.6 is 0 Å². The van der Waals surface area contributed by atoms with Crippen LogP contribution < -0.4 is 0 Å². The molecule has 1 aliphatic heterocycles. The number of rotatable bonds is 6. The first-order valence-electron chi connectivity index (χ1n) is 6.24. The molecule has 1 heterocycles. The zero-order valence-electron chi connectivity index (χ0n) is 10.1. The van der Waals surface area contributed by atoms with E-state index in [-0.39, 0.29) is 0 Å². The van der Waals surface area contributed by atoms with E-state index in [2.05, 4.69) is 30.6 Å². The van der Waals surface area contributed by atoms with Gasteiger partial charge in [0.1, 0.15) is 0 Å². The Labute approximate surface area is 89.3 Å². The highest BCUT2D eigenvalue weighted by Crippen LogP contribution is 2.13. The van der Waals surface area contributed by atoms with Crippen LogP contribution in [0.25, 0.3) is 0 Å². The predicted molar refractivity (Wildman–Crippen MR) is 62.7 cm³/mol. The fourth-order valence-corrected chi connectivity index (χ4v) is 2.27. The lowest BCUT2D eigenvalue weighted by Crippen LogP contribution is -2.34. The van der Waals surface area contributed by atoms with Crippen LogP contribution in [0, 0.1) is 0 Å². The van der Waals surface area contributed by atoms with Gasteiger partial charge in [-0.25, -0.2) is 0 Å². The van der Waals surface area contributed by atoms with Crippen LogP contribution in [0.5, 0.6) is 0 Å². The molecule has 0 aromatic carbocycles. The first-order chi connectivity index (χ1) is 6.77. The molecule has 0 saturated carbocycles. The van der Waals surface area contributed by atoms with Gasteiger partial charge in [0.05, 0.1) is 0 Å². The van der Waals surface area contributed by atoms with Crippen molar-refractivity contribution in [2.45, 2.75) is 46.1 Å². The van der Waals surface area contributed by atoms with Gasteiger partial charge in [-0.05, 0) is 58.9 Å². The molecule has 0 N–H and O–H groups in total. The average Bonchev–Trinajstić information content (AvgIpc) is 2.72. The smallest absolute Gasteiger partial charge is 0.00791 e. The van der Waals surface area contributed by atoms with Gasteiger partial charge in [-0.3, -0.25) is 0 Å². The first-order valence-corrected chi connectivity index (χ1v) is 6.24. The minimum absolute atomic E-state index is 0.790. The van der Waals surface area contributed by atoms with Gasteiger partial charge in [0.15, 0.2) is 0 Å². The molecule has 2 nitrogen and oxygen atoms in total. The summed E-state index contributed by atoms with van der Waals surface area (Å²) in [5.74, 6) is 0. The van der Waals surface area contributed by atoms with E-state index in [1.807, 2.05) is 0 Å². The highest BCUT2D eigenvalue weighted by molar-refractivity contribution is 4.73. The summed E-state index contributed by atoms with van der Waals surface area (Å²) in [7, 11) is 0. The standard InChI is InChI=1S/C12H26N2/c1-4-13(5-2)11-8-12(3)14-9-6-7-10-14/h12H,4-11H2,1-3H3. The second-order valence-corrected chi connectivity index (χ2v) is 4.41. The summed E-state index contributed by atoms with van der Waals surface area (Å²) < 4.78 is 0. The van der Waals surface area contributed by atoms with Gasteiger partial charge in [0.2, 0.25) is 0 Å². The molecule has 0 spiro atoms. The predicted octanol–water partition coefficient (Wildman–Crippen LogP) is 2.20. The quantitative estimate of drug-likeness (QED) is 0.645. The lowest BCUT2D eigenvalue weighted by molar-refractivity contribution is 0.210. The Morgan fingerprint density at radius 3 is 2.21 bits per heavy atom. The van der Waals surface area contributed by atoms with Crippen molar-refractivity contribution in [1.29, 1.82) is 0 Å². The summed E-state index contributed by atoms with van der Waals surface area (Å²) in [6, 6.07) is 0.790. The molecule has 1 aliphatic rings. The summed E-state index contributed by atoms with van der Waals surface area (Å²) in [4.78, 5) is 5.16. The molecule has 0 aromatic rings. The van der Waals surface area contributed by atoms with Gasteiger partial charge in [-0.15, -0.1) is 0 Å². The van der Waals surface area contributed by atoms with Crippen LogP contribution in [-0.2, 0) is 0 Å². The molecule has 0 bridgehead atoms. The van der Waals surface area contributed by atoms with Gasteiger partial charge in [0.25, 0.3) is 0 Å². The van der Waals surface area contributed by atoms with E-state index in [1.54, 1.807) is 0 Å². The molecule has 1 fully saturated rings. The van der Waals surface area contributed by atoms with Crippen molar-refractivity contribution in [3.63, 3.8) is 0 Å². The molecule has 84 valence electrons. The number of hydrogen-bond donors (Lipinski definition) is 0. The number of nitrogens with zero attached hydrogens (tertiary/aromatic N) is 2. The summed E-state index contributed by atoms with van der Waals surface area (Å²) in [5.41, 5.74) is 0. The summed E-state index contributed by atoms with van der Waals surface area (Å²) in [5, 5.41) is 0. The molecule has 0 aliphatic carbocycles. The van der Waals surface area contributed by atoms with Crippen LogP contribution in [0.3, 0.4) is 0 Å². The molecule has 1 rings (SSSR count). The summed E-state index contributed by atoms with van der Waals surface area (Å²) in [6.45, 7) is 13.2. The van der Waals surface area contributed by atoms with Crippen LogP contribution in [0.1, 0.15) is 40.0 Å². The Morgan fingerprint density at radius 1 is 1.14 bits per heavy atom. The van der Waals surface area contributed by atoms with Crippen molar-refractivity contribution in [3.8, 4) is 0 Å². The number of hydrogen-bond acceptors (Lipinski definition) is 2. The Kier molecular flexibility index (Phi) is 5.49. The highest BCUT2D eigenvalue weighted by Gasteiger charge is 2.17. The van der Waals surface area contributed by atoms with E-state index in [0.717, 1.165) is 6.04 Å². The van der Waals surface area contributed by atoms with Crippen molar-refractivity contribution in [2.24, 2.45) is 0 Å². The summed E-state index contributed by atoms with van der Waals surface area (Å²) >= 11 is 0. The van der Waals surface area contributed by atoms with E-state index in [9.17, 15) is 0 Å². The normalized spacial score (nSPS) is 20.6. The lowest BCUT2D eigenvalue weighted by atomic mass is 10.2. The molecule has 0 radical (unpaired) electrons. The van der Waals surface area contributed by atoms with Crippen molar-refractivity contribution in [3.05, 3.63) is 0 Å². The third kappa shape index (κ3) is 3.58. The van der Waals surface area contributed by atoms with E-state index in [0.29, 0.717) is 0 Å². The number of likely N-dealkylation sites (tertiary alicyclic amines) is 1. The van der Waals surface area contributed by atoms with E-state index in [4.69, 9.17) is 0 Å². The van der Waals surface area contributed by atoms with Crippen molar-refractivity contribution in [2.75, 3.05) is 32.7 Å². The van der Waals surface area contributed by atoms with Crippen LogP contribution in [-0.4, -0.2) is 48.6 Å². The Bertz CT molecular complexity index is 137. The maximum absolute atomic E-state index is 2.64. The molecule has 2 heteroatoms. The fourth-order valence-electron chi connectivity index (χ4n) is 2.27. The van der Waals surface area contributed by atoms with Gasteiger partial charge < -0.3 is 9.80 Å². The summed E-state index contributed by atoms with van der Waals surface area (Å²) in [6.07, 6.45) is 4.16. The van der Waals surface area contributed by atoms with Crippen molar-refractivity contribution >= 4 is 0 Å². The monoisotopic (exact) mass is 198 g/mol. The van der Waals surface area contributed by atoms with E-state index < -0.39 is 0 Å². The molecule has 1 unspecified atom stereocenters. The van der Waals surface area contributed by atoms with Gasteiger partial charge in [-0.2, -0.15) is 0 Å². The average molecular weight is 198 g/mol. The van der Waals surface area contributed by atoms with Crippen LogP contribution in [0.4, 0.5) is 0 Å².